The largest absolute Gasteiger partial charge is 0.461 e. The molecular formula is C20H30BNO2. The zero-order chi connectivity index (χ0) is 17.9. The molecular weight excluding hydrogens is 297 g/mol. The van der Waals surface area contributed by atoms with Crippen molar-refractivity contribution in [2.75, 3.05) is 0 Å². The van der Waals surface area contributed by atoms with Gasteiger partial charge in [-0.25, -0.2) is 0 Å². The van der Waals surface area contributed by atoms with E-state index in [-0.39, 0.29) is 18.3 Å². The van der Waals surface area contributed by atoms with Crippen molar-refractivity contribution in [3.8, 4) is 0 Å². The summed E-state index contributed by atoms with van der Waals surface area (Å²) in [6.07, 6.45) is 1.11. The van der Waals surface area contributed by atoms with E-state index in [9.17, 15) is 0 Å². The van der Waals surface area contributed by atoms with E-state index in [4.69, 9.17) is 14.3 Å². The molecule has 4 heteroatoms. The average molecular weight is 327 g/mol. The number of nitrogens with zero attached hydrogens (tertiary/aromatic N) is 1. The van der Waals surface area contributed by atoms with Gasteiger partial charge < -0.3 is 9.31 Å². The molecule has 1 aliphatic heterocycles. The maximum Gasteiger partial charge on any atom is 0.461 e. The Morgan fingerprint density at radius 2 is 1.54 bits per heavy atom. The standard InChI is InChI=1S/C20H30BNO2/c1-12-9-13(2)18(14(3)10-12)22-15(4)16-11-17(16)21-23-19(5,6)20(7,8)24-21/h9-10,16-17H,11H2,1-8H3/t16-,17-/m0/s1. The Labute approximate surface area is 147 Å². The minimum absolute atomic E-state index is 0.106. The summed E-state index contributed by atoms with van der Waals surface area (Å²) >= 11 is 0. The molecule has 2 atom stereocenters. The highest BCUT2D eigenvalue weighted by atomic mass is 16.7. The van der Waals surface area contributed by atoms with Crippen molar-refractivity contribution in [2.45, 2.75) is 78.8 Å². The van der Waals surface area contributed by atoms with Crippen LogP contribution in [0, 0.1) is 26.7 Å². The second-order valence-corrected chi connectivity index (χ2v) is 8.63. The number of aliphatic imine (C=N–C) groups is 1. The molecule has 0 aromatic heterocycles. The van der Waals surface area contributed by atoms with Crippen LogP contribution < -0.4 is 0 Å². The van der Waals surface area contributed by atoms with Gasteiger partial charge in [-0.1, -0.05) is 17.7 Å². The van der Waals surface area contributed by atoms with Crippen molar-refractivity contribution in [3.05, 3.63) is 28.8 Å². The van der Waals surface area contributed by atoms with Crippen LogP contribution in [0.4, 0.5) is 5.69 Å². The normalized spacial score (nSPS) is 28.3. The Hall–Kier alpha value is -1.13. The van der Waals surface area contributed by atoms with Crippen molar-refractivity contribution >= 4 is 18.5 Å². The molecule has 130 valence electrons. The van der Waals surface area contributed by atoms with E-state index in [0.717, 1.165) is 12.1 Å². The molecule has 1 saturated carbocycles. The molecule has 2 aliphatic rings. The zero-order valence-electron chi connectivity index (χ0n) is 16.4. The monoisotopic (exact) mass is 327 g/mol. The molecule has 2 fully saturated rings. The third-order valence-corrected chi connectivity index (χ3v) is 5.92. The molecule has 0 unspecified atom stereocenters. The van der Waals surface area contributed by atoms with Crippen LogP contribution in [0.25, 0.3) is 0 Å². The van der Waals surface area contributed by atoms with Gasteiger partial charge in [0.15, 0.2) is 0 Å². The zero-order valence-corrected chi connectivity index (χ0v) is 16.4. The molecule has 0 spiro atoms. The van der Waals surface area contributed by atoms with E-state index in [1.54, 1.807) is 0 Å². The maximum atomic E-state index is 6.20. The minimum Gasteiger partial charge on any atom is -0.403 e. The van der Waals surface area contributed by atoms with Crippen LogP contribution in [-0.2, 0) is 9.31 Å². The van der Waals surface area contributed by atoms with Crippen LogP contribution in [0.15, 0.2) is 17.1 Å². The molecule has 1 heterocycles. The van der Waals surface area contributed by atoms with E-state index < -0.39 is 0 Å². The lowest BCUT2D eigenvalue weighted by atomic mass is 9.80. The van der Waals surface area contributed by atoms with Crippen LogP contribution >= 0.6 is 0 Å². The Morgan fingerprint density at radius 1 is 1.04 bits per heavy atom. The first-order chi connectivity index (χ1) is 11.0. The Bertz CT molecular complexity index is 654. The van der Waals surface area contributed by atoms with Crippen LogP contribution in [0.1, 0.15) is 57.7 Å². The van der Waals surface area contributed by atoms with Crippen molar-refractivity contribution in [3.63, 3.8) is 0 Å². The second-order valence-electron chi connectivity index (χ2n) is 8.63. The predicted octanol–water partition coefficient (Wildman–Crippen LogP) is 5.19. The summed E-state index contributed by atoms with van der Waals surface area (Å²) in [7, 11) is -0.106. The summed E-state index contributed by atoms with van der Waals surface area (Å²) < 4.78 is 12.4. The quantitative estimate of drug-likeness (QED) is 0.565. The number of rotatable bonds is 3. The van der Waals surface area contributed by atoms with Crippen LogP contribution in [0.3, 0.4) is 0 Å². The fraction of sp³-hybridized carbons (Fsp3) is 0.650. The summed E-state index contributed by atoms with van der Waals surface area (Å²) in [5.41, 5.74) is 5.62. The number of hydrogen-bond acceptors (Lipinski definition) is 3. The van der Waals surface area contributed by atoms with Gasteiger partial charge in [0.25, 0.3) is 0 Å². The Kier molecular flexibility index (Phi) is 4.21. The molecule has 3 nitrogen and oxygen atoms in total. The summed E-state index contributed by atoms with van der Waals surface area (Å²) in [6.45, 7) is 17.0. The van der Waals surface area contributed by atoms with Crippen molar-refractivity contribution in [1.82, 2.24) is 0 Å². The van der Waals surface area contributed by atoms with Crippen molar-refractivity contribution in [1.29, 1.82) is 0 Å². The van der Waals surface area contributed by atoms with E-state index in [1.165, 1.54) is 22.4 Å². The summed E-state index contributed by atoms with van der Waals surface area (Å²) in [6, 6.07) is 4.41. The minimum atomic E-state index is -0.250. The van der Waals surface area contributed by atoms with Gasteiger partial charge in [0, 0.05) is 11.5 Å². The van der Waals surface area contributed by atoms with Crippen molar-refractivity contribution < 1.29 is 9.31 Å². The average Bonchev–Trinajstić information content (AvgIpc) is 3.17. The van der Waals surface area contributed by atoms with Crippen LogP contribution in [0.2, 0.25) is 5.82 Å². The summed E-state index contributed by atoms with van der Waals surface area (Å²) in [5.74, 6) is 0.903. The lowest BCUT2D eigenvalue weighted by Crippen LogP contribution is -2.41. The molecule has 0 amide bonds. The highest BCUT2D eigenvalue weighted by Gasteiger charge is 2.60. The van der Waals surface area contributed by atoms with Gasteiger partial charge in [0.05, 0.1) is 16.9 Å². The summed E-state index contributed by atoms with van der Waals surface area (Å²) in [4.78, 5) is 4.96. The van der Waals surface area contributed by atoms with E-state index in [2.05, 4.69) is 67.5 Å². The first-order valence-corrected chi connectivity index (χ1v) is 9.00. The first kappa shape index (κ1) is 17.7. The maximum absolute atomic E-state index is 6.20. The van der Waals surface area contributed by atoms with E-state index in [1.807, 2.05) is 0 Å². The molecule has 24 heavy (non-hydrogen) atoms. The topological polar surface area (TPSA) is 30.8 Å². The molecule has 0 radical (unpaired) electrons. The van der Waals surface area contributed by atoms with Gasteiger partial charge in [-0.05, 0) is 78.9 Å². The molecule has 1 saturated heterocycles. The van der Waals surface area contributed by atoms with Gasteiger partial charge in [-0.2, -0.15) is 0 Å². The number of benzene rings is 1. The second kappa shape index (κ2) is 5.71. The van der Waals surface area contributed by atoms with E-state index in [0.29, 0.717) is 11.7 Å². The molecule has 1 aromatic rings. The number of aryl methyl sites for hydroxylation is 3. The third kappa shape index (κ3) is 3.06. The highest BCUT2D eigenvalue weighted by molar-refractivity contribution is 6.49. The van der Waals surface area contributed by atoms with Gasteiger partial charge in [0.1, 0.15) is 0 Å². The van der Waals surface area contributed by atoms with Gasteiger partial charge in [-0.15, -0.1) is 0 Å². The third-order valence-electron chi connectivity index (χ3n) is 5.92. The van der Waals surface area contributed by atoms with Crippen molar-refractivity contribution in [2.24, 2.45) is 10.9 Å². The fourth-order valence-corrected chi connectivity index (χ4v) is 3.67. The Balaban J connectivity index is 1.74. The van der Waals surface area contributed by atoms with Gasteiger partial charge in [0.2, 0.25) is 0 Å². The fourth-order valence-electron chi connectivity index (χ4n) is 3.67. The SMILES string of the molecule is CC(=Nc1c(C)cc(C)cc1C)[C@@H]1C[C@@H]1B1OC(C)(C)C(C)(C)O1. The lowest BCUT2D eigenvalue weighted by Gasteiger charge is -2.32. The number of hydrogen-bond donors (Lipinski definition) is 0. The van der Waals surface area contributed by atoms with Crippen LogP contribution in [-0.4, -0.2) is 24.0 Å². The smallest absolute Gasteiger partial charge is 0.403 e. The van der Waals surface area contributed by atoms with Crippen LogP contribution in [0.5, 0.6) is 0 Å². The molecule has 1 aromatic carbocycles. The van der Waals surface area contributed by atoms with Gasteiger partial charge in [-0.3, -0.25) is 4.99 Å². The molecule has 1 aliphatic carbocycles. The first-order valence-electron chi connectivity index (χ1n) is 9.00. The molecule has 0 N–H and O–H groups in total. The lowest BCUT2D eigenvalue weighted by molar-refractivity contribution is 0.00578. The summed E-state index contributed by atoms with van der Waals surface area (Å²) in [5, 5.41) is 0. The highest BCUT2D eigenvalue weighted by Crippen LogP contribution is 2.54. The van der Waals surface area contributed by atoms with E-state index >= 15 is 0 Å². The molecule has 3 rings (SSSR count). The van der Waals surface area contributed by atoms with Gasteiger partial charge >= 0.3 is 7.12 Å². The predicted molar refractivity (Wildman–Crippen MR) is 101 cm³/mol. The molecule has 0 bridgehead atoms. The Morgan fingerprint density at radius 3 is 2.04 bits per heavy atom.